The summed E-state index contributed by atoms with van der Waals surface area (Å²) in [6.45, 7) is -2.03. The first kappa shape index (κ1) is 17.3. The van der Waals surface area contributed by atoms with Gasteiger partial charge in [-0.05, 0) is 42.7 Å². The molecule has 0 bridgehead atoms. The highest BCUT2D eigenvalue weighted by atomic mass is 32.2. The van der Waals surface area contributed by atoms with E-state index in [0.717, 1.165) is 16.7 Å². The van der Waals surface area contributed by atoms with Crippen LogP contribution in [-0.4, -0.2) is 34.1 Å². The molecule has 2 aromatic rings. The van der Waals surface area contributed by atoms with Crippen LogP contribution in [0.2, 0.25) is 0 Å². The molecule has 0 unspecified atom stereocenters. The number of nitrogens with zero attached hydrogens (tertiary/aromatic N) is 2. The topological polar surface area (TPSA) is 59.0 Å². The maximum Gasteiger partial charge on any atom is 0.320 e. The summed E-state index contributed by atoms with van der Waals surface area (Å²) in [6, 6.07) is 6.31. The number of hydrogen-bond acceptors (Lipinski definition) is 3. The number of halogens is 2. The van der Waals surface area contributed by atoms with Gasteiger partial charge in [0.25, 0.3) is 0 Å². The summed E-state index contributed by atoms with van der Waals surface area (Å²) in [5.74, 6) is 1.18. The number of thioether (sulfide) groups is 1. The number of alkyl halides is 2. The van der Waals surface area contributed by atoms with Crippen LogP contribution in [0.3, 0.4) is 0 Å². The second kappa shape index (κ2) is 8.52. The standard InChI is InChI=1S/C15H18F2N4OS/c1-23-10-2-7-19-15(22)20-12-5-3-11(4-6-12)13-18-8-9-21(13)14(16)17/h3-6,8-9,14H,2,7,10H2,1H3,(H2,19,20,22). The molecule has 2 rings (SSSR count). The lowest BCUT2D eigenvalue weighted by Gasteiger charge is -2.09. The zero-order valence-electron chi connectivity index (χ0n) is 12.6. The van der Waals surface area contributed by atoms with Crippen molar-refractivity contribution in [2.75, 3.05) is 23.9 Å². The average molecular weight is 340 g/mol. The summed E-state index contributed by atoms with van der Waals surface area (Å²) in [5, 5.41) is 5.45. The van der Waals surface area contributed by atoms with Gasteiger partial charge in [0.1, 0.15) is 5.82 Å². The van der Waals surface area contributed by atoms with E-state index in [1.807, 2.05) is 6.26 Å². The quantitative estimate of drug-likeness (QED) is 0.753. The van der Waals surface area contributed by atoms with Crippen molar-refractivity contribution in [3.05, 3.63) is 36.7 Å². The van der Waals surface area contributed by atoms with Crippen LogP contribution in [0, 0.1) is 0 Å². The predicted octanol–water partition coefficient (Wildman–Crippen LogP) is 3.82. The number of carbonyl (C=O) groups is 1. The van der Waals surface area contributed by atoms with E-state index in [4.69, 9.17) is 0 Å². The monoisotopic (exact) mass is 340 g/mol. The van der Waals surface area contributed by atoms with Crippen LogP contribution in [0.25, 0.3) is 11.4 Å². The van der Waals surface area contributed by atoms with Crippen LogP contribution in [0.4, 0.5) is 19.3 Å². The van der Waals surface area contributed by atoms with E-state index in [0.29, 0.717) is 17.8 Å². The predicted molar refractivity (Wildman–Crippen MR) is 88.9 cm³/mol. The lowest BCUT2D eigenvalue weighted by Crippen LogP contribution is -2.29. The van der Waals surface area contributed by atoms with Gasteiger partial charge in [0.2, 0.25) is 0 Å². The molecule has 0 spiro atoms. The largest absolute Gasteiger partial charge is 0.338 e. The first-order valence-electron chi connectivity index (χ1n) is 7.07. The molecule has 0 radical (unpaired) electrons. The summed E-state index contributed by atoms with van der Waals surface area (Å²) in [6.07, 6.45) is 5.48. The van der Waals surface area contributed by atoms with Gasteiger partial charge in [-0.3, -0.25) is 4.57 Å². The number of anilines is 1. The molecule has 0 saturated heterocycles. The molecule has 0 atom stereocenters. The van der Waals surface area contributed by atoms with Crippen molar-refractivity contribution in [2.24, 2.45) is 0 Å². The molecule has 2 N–H and O–H groups in total. The lowest BCUT2D eigenvalue weighted by atomic mass is 10.2. The van der Waals surface area contributed by atoms with Crippen molar-refractivity contribution in [3.8, 4) is 11.4 Å². The van der Waals surface area contributed by atoms with E-state index in [1.54, 1.807) is 36.0 Å². The van der Waals surface area contributed by atoms with Crippen molar-refractivity contribution in [3.63, 3.8) is 0 Å². The van der Waals surface area contributed by atoms with Gasteiger partial charge in [0.15, 0.2) is 0 Å². The Kier molecular flexibility index (Phi) is 6.40. The average Bonchev–Trinajstić information content (AvgIpc) is 3.02. The number of imidazole rings is 1. The molecule has 0 aliphatic heterocycles. The lowest BCUT2D eigenvalue weighted by molar-refractivity contribution is 0.0720. The van der Waals surface area contributed by atoms with Gasteiger partial charge >= 0.3 is 12.6 Å². The molecular weight excluding hydrogens is 322 g/mol. The van der Waals surface area contributed by atoms with Gasteiger partial charge in [-0.2, -0.15) is 20.5 Å². The Bertz CT molecular complexity index is 631. The van der Waals surface area contributed by atoms with Crippen LogP contribution < -0.4 is 10.6 Å². The fourth-order valence-corrected chi connectivity index (χ4v) is 2.42. The molecular formula is C15H18F2N4OS. The summed E-state index contributed by atoms with van der Waals surface area (Å²) in [7, 11) is 0. The van der Waals surface area contributed by atoms with E-state index < -0.39 is 6.55 Å². The minimum absolute atomic E-state index is 0.188. The van der Waals surface area contributed by atoms with Crippen molar-refractivity contribution in [1.29, 1.82) is 0 Å². The highest BCUT2D eigenvalue weighted by Crippen LogP contribution is 2.24. The molecule has 0 fully saturated rings. The number of benzene rings is 1. The molecule has 0 saturated carbocycles. The number of rotatable bonds is 7. The zero-order valence-corrected chi connectivity index (χ0v) is 13.4. The highest BCUT2D eigenvalue weighted by molar-refractivity contribution is 7.98. The van der Waals surface area contributed by atoms with E-state index in [-0.39, 0.29) is 11.9 Å². The Balaban J connectivity index is 1.94. The van der Waals surface area contributed by atoms with Crippen molar-refractivity contribution in [2.45, 2.75) is 13.0 Å². The smallest absolute Gasteiger partial charge is 0.320 e. The summed E-state index contributed by atoms with van der Waals surface area (Å²) in [4.78, 5) is 15.6. The summed E-state index contributed by atoms with van der Waals surface area (Å²) >= 11 is 1.73. The molecule has 1 aromatic carbocycles. The van der Waals surface area contributed by atoms with Gasteiger partial charge < -0.3 is 10.6 Å². The van der Waals surface area contributed by atoms with Gasteiger partial charge in [0.05, 0.1) is 0 Å². The Hall–Kier alpha value is -2.09. The highest BCUT2D eigenvalue weighted by Gasteiger charge is 2.13. The normalized spacial score (nSPS) is 10.8. The third-order valence-electron chi connectivity index (χ3n) is 3.09. The molecule has 0 aliphatic carbocycles. The maximum absolute atomic E-state index is 12.8. The Morgan fingerprint density at radius 3 is 2.74 bits per heavy atom. The number of amides is 2. The van der Waals surface area contributed by atoms with Gasteiger partial charge in [-0.15, -0.1) is 0 Å². The minimum Gasteiger partial charge on any atom is -0.338 e. The summed E-state index contributed by atoms with van der Waals surface area (Å²) < 4.78 is 26.4. The van der Waals surface area contributed by atoms with Gasteiger partial charge in [0, 0.05) is 30.2 Å². The molecule has 124 valence electrons. The first-order valence-corrected chi connectivity index (χ1v) is 8.46. The Morgan fingerprint density at radius 1 is 1.35 bits per heavy atom. The van der Waals surface area contributed by atoms with E-state index >= 15 is 0 Å². The molecule has 5 nitrogen and oxygen atoms in total. The van der Waals surface area contributed by atoms with Crippen molar-refractivity contribution < 1.29 is 13.6 Å². The van der Waals surface area contributed by atoms with Crippen LogP contribution in [0.5, 0.6) is 0 Å². The van der Waals surface area contributed by atoms with Crippen molar-refractivity contribution in [1.82, 2.24) is 14.9 Å². The Labute approximate surface area is 137 Å². The van der Waals surface area contributed by atoms with Crippen LogP contribution >= 0.6 is 11.8 Å². The number of carbonyl (C=O) groups excluding carboxylic acids is 1. The van der Waals surface area contributed by atoms with Gasteiger partial charge in [-0.25, -0.2) is 9.78 Å². The Morgan fingerprint density at radius 2 is 2.09 bits per heavy atom. The minimum atomic E-state index is -2.64. The van der Waals surface area contributed by atoms with Crippen LogP contribution in [0.1, 0.15) is 13.0 Å². The number of aromatic nitrogens is 2. The fraction of sp³-hybridized carbons (Fsp3) is 0.333. The molecule has 23 heavy (non-hydrogen) atoms. The van der Waals surface area contributed by atoms with E-state index in [2.05, 4.69) is 15.6 Å². The fourth-order valence-electron chi connectivity index (χ4n) is 1.99. The second-order valence-corrected chi connectivity index (χ2v) is 5.73. The number of hydrogen-bond donors (Lipinski definition) is 2. The number of urea groups is 1. The second-order valence-electron chi connectivity index (χ2n) is 4.74. The van der Waals surface area contributed by atoms with E-state index in [1.165, 1.54) is 12.4 Å². The molecule has 0 aliphatic rings. The molecule has 2 amide bonds. The first-order chi connectivity index (χ1) is 11.1. The van der Waals surface area contributed by atoms with E-state index in [9.17, 15) is 13.6 Å². The SMILES string of the molecule is CSCCCNC(=O)Nc1ccc(-c2nccn2C(F)F)cc1. The number of nitrogens with one attached hydrogen (secondary N) is 2. The third kappa shape index (κ3) is 4.95. The molecule has 1 heterocycles. The molecule has 8 heteroatoms. The summed E-state index contributed by atoms with van der Waals surface area (Å²) in [5.41, 5.74) is 1.15. The zero-order chi connectivity index (χ0) is 16.7. The molecule has 1 aromatic heterocycles. The maximum atomic E-state index is 12.8. The third-order valence-corrected chi connectivity index (χ3v) is 3.79. The van der Waals surface area contributed by atoms with Gasteiger partial charge in [-0.1, -0.05) is 0 Å². The van der Waals surface area contributed by atoms with Crippen LogP contribution in [0.15, 0.2) is 36.7 Å². The van der Waals surface area contributed by atoms with Crippen LogP contribution in [-0.2, 0) is 0 Å². The van der Waals surface area contributed by atoms with Crippen molar-refractivity contribution >= 4 is 23.5 Å².